The SMILES string of the molecule is COC(c1ccccn1)C([SiH3])(OC)OC. The molecule has 0 aliphatic rings. The van der Waals surface area contributed by atoms with E-state index in [4.69, 9.17) is 14.2 Å². The van der Waals surface area contributed by atoms with Crippen LogP contribution in [0.2, 0.25) is 0 Å². The average molecular weight is 227 g/mol. The summed E-state index contributed by atoms with van der Waals surface area (Å²) >= 11 is 0. The molecular weight excluding hydrogens is 210 g/mol. The van der Waals surface area contributed by atoms with Crippen molar-refractivity contribution in [3.63, 3.8) is 0 Å². The lowest BCUT2D eigenvalue weighted by molar-refractivity contribution is -0.211. The van der Waals surface area contributed by atoms with Gasteiger partial charge in [0.2, 0.25) is 0 Å². The zero-order chi connectivity index (χ0) is 11.3. The van der Waals surface area contributed by atoms with Crippen LogP contribution in [-0.2, 0) is 14.2 Å². The van der Waals surface area contributed by atoms with Crippen molar-refractivity contribution in [3.8, 4) is 0 Å². The Morgan fingerprint density at radius 3 is 2.33 bits per heavy atom. The number of hydrogen-bond acceptors (Lipinski definition) is 4. The molecule has 0 amide bonds. The van der Waals surface area contributed by atoms with Gasteiger partial charge in [0, 0.05) is 27.5 Å². The van der Waals surface area contributed by atoms with E-state index in [2.05, 4.69) is 4.98 Å². The lowest BCUT2D eigenvalue weighted by Gasteiger charge is -2.33. The Morgan fingerprint density at radius 1 is 1.27 bits per heavy atom. The van der Waals surface area contributed by atoms with Crippen LogP contribution in [-0.4, -0.2) is 42.0 Å². The second kappa shape index (κ2) is 5.36. The number of rotatable bonds is 5. The quantitative estimate of drug-likeness (QED) is 0.528. The summed E-state index contributed by atoms with van der Waals surface area (Å²) in [5, 5.41) is 0. The zero-order valence-corrected chi connectivity index (χ0v) is 11.6. The Balaban J connectivity index is 2.98. The fourth-order valence-electron chi connectivity index (χ4n) is 1.43. The van der Waals surface area contributed by atoms with Gasteiger partial charge in [0.15, 0.2) is 5.41 Å². The Kier molecular flexibility index (Phi) is 4.40. The Bertz CT molecular complexity index is 290. The highest BCUT2D eigenvalue weighted by Crippen LogP contribution is 2.28. The minimum Gasteiger partial charge on any atom is -0.370 e. The summed E-state index contributed by atoms with van der Waals surface area (Å²) in [6.07, 6.45) is 1.44. The molecule has 0 aromatic carbocycles. The van der Waals surface area contributed by atoms with Crippen molar-refractivity contribution in [3.05, 3.63) is 30.1 Å². The van der Waals surface area contributed by atoms with Gasteiger partial charge in [-0.1, -0.05) is 6.07 Å². The molecule has 5 heteroatoms. The van der Waals surface area contributed by atoms with Gasteiger partial charge in [0.05, 0.1) is 15.9 Å². The number of methoxy groups -OCH3 is 3. The second-order valence-electron chi connectivity index (χ2n) is 3.29. The molecule has 1 heterocycles. The van der Waals surface area contributed by atoms with Crippen LogP contribution in [0.15, 0.2) is 24.4 Å². The van der Waals surface area contributed by atoms with Crippen molar-refractivity contribution in [1.29, 1.82) is 0 Å². The van der Waals surface area contributed by atoms with Gasteiger partial charge >= 0.3 is 0 Å². The Morgan fingerprint density at radius 2 is 1.93 bits per heavy atom. The van der Waals surface area contributed by atoms with Crippen LogP contribution in [0.25, 0.3) is 0 Å². The molecule has 1 unspecified atom stereocenters. The number of aromatic nitrogens is 1. The maximum Gasteiger partial charge on any atom is 0.171 e. The van der Waals surface area contributed by atoms with Gasteiger partial charge in [0.1, 0.15) is 6.10 Å². The van der Waals surface area contributed by atoms with Crippen molar-refractivity contribution >= 4 is 10.2 Å². The second-order valence-corrected chi connectivity index (χ2v) is 4.69. The fourth-order valence-corrected chi connectivity index (χ4v) is 1.96. The lowest BCUT2D eigenvalue weighted by Crippen LogP contribution is -2.42. The molecule has 0 spiro atoms. The molecule has 0 saturated heterocycles. The summed E-state index contributed by atoms with van der Waals surface area (Å²) in [4.78, 5) is 4.25. The van der Waals surface area contributed by atoms with Gasteiger partial charge in [-0.05, 0) is 12.1 Å². The van der Waals surface area contributed by atoms with Crippen LogP contribution in [0, 0.1) is 0 Å². The predicted molar refractivity (Wildman–Crippen MR) is 60.7 cm³/mol. The monoisotopic (exact) mass is 227 g/mol. The van der Waals surface area contributed by atoms with E-state index in [1.165, 1.54) is 0 Å². The molecule has 1 aromatic heterocycles. The molecule has 1 rings (SSSR count). The van der Waals surface area contributed by atoms with Crippen molar-refractivity contribution in [2.45, 2.75) is 11.5 Å². The first kappa shape index (κ1) is 12.3. The molecule has 0 saturated carbocycles. The summed E-state index contributed by atoms with van der Waals surface area (Å²) in [7, 11) is 5.55. The van der Waals surface area contributed by atoms with E-state index in [0.29, 0.717) is 10.2 Å². The van der Waals surface area contributed by atoms with Gasteiger partial charge in [0.25, 0.3) is 0 Å². The maximum absolute atomic E-state index is 5.41. The first-order valence-electron chi connectivity index (χ1n) is 4.72. The highest BCUT2D eigenvalue weighted by molar-refractivity contribution is 6.13. The third-order valence-electron chi connectivity index (χ3n) is 2.48. The molecule has 1 atom stereocenters. The van der Waals surface area contributed by atoms with E-state index in [1.807, 2.05) is 18.2 Å². The average Bonchev–Trinajstić information content (AvgIpc) is 2.31. The molecule has 1 aromatic rings. The molecule has 0 fully saturated rings. The molecule has 0 aliphatic carbocycles. The molecule has 4 nitrogen and oxygen atoms in total. The minimum absolute atomic E-state index is 0.291. The van der Waals surface area contributed by atoms with Crippen LogP contribution in [0.1, 0.15) is 11.8 Å². The molecule has 0 aliphatic heterocycles. The van der Waals surface area contributed by atoms with Gasteiger partial charge in [-0.3, -0.25) is 4.98 Å². The van der Waals surface area contributed by atoms with E-state index < -0.39 is 5.41 Å². The van der Waals surface area contributed by atoms with Crippen molar-refractivity contribution < 1.29 is 14.2 Å². The molecule has 0 radical (unpaired) electrons. The van der Waals surface area contributed by atoms with Crippen molar-refractivity contribution in [2.75, 3.05) is 21.3 Å². The van der Waals surface area contributed by atoms with E-state index in [1.54, 1.807) is 27.5 Å². The lowest BCUT2D eigenvalue weighted by atomic mass is 10.2. The first-order chi connectivity index (χ1) is 7.18. The van der Waals surface area contributed by atoms with Crippen LogP contribution in [0.5, 0.6) is 0 Å². The summed E-state index contributed by atoms with van der Waals surface area (Å²) in [6.45, 7) is 0. The summed E-state index contributed by atoms with van der Waals surface area (Å²) in [5.41, 5.74) is 0.127. The van der Waals surface area contributed by atoms with Gasteiger partial charge in [-0.2, -0.15) is 0 Å². The number of nitrogens with zero attached hydrogens (tertiary/aromatic N) is 1. The zero-order valence-electron chi connectivity index (χ0n) is 9.56. The molecule has 84 valence electrons. The highest BCUT2D eigenvalue weighted by Gasteiger charge is 2.36. The van der Waals surface area contributed by atoms with Crippen molar-refractivity contribution in [2.24, 2.45) is 0 Å². The minimum atomic E-state index is -0.691. The van der Waals surface area contributed by atoms with Crippen LogP contribution in [0.3, 0.4) is 0 Å². The molecule has 0 bridgehead atoms. The van der Waals surface area contributed by atoms with Crippen LogP contribution < -0.4 is 0 Å². The van der Waals surface area contributed by atoms with Gasteiger partial charge < -0.3 is 14.2 Å². The van der Waals surface area contributed by atoms with Crippen LogP contribution in [0.4, 0.5) is 0 Å². The largest absolute Gasteiger partial charge is 0.370 e. The number of hydrogen-bond donors (Lipinski definition) is 0. The molecule has 15 heavy (non-hydrogen) atoms. The molecular formula is C10H17NO3Si. The van der Waals surface area contributed by atoms with E-state index in [-0.39, 0.29) is 6.10 Å². The third-order valence-corrected chi connectivity index (χ3v) is 3.82. The predicted octanol–water partition coefficient (Wildman–Crippen LogP) is 0.0811. The standard InChI is InChI=1S/C10H17NO3Si/c1-12-9(10(15,13-2)14-3)8-6-4-5-7-11-8/h4-7,9H,1-3,15H3. The highest BCUT2D eigenvalue weighted by atomic mass is 28.1. The summed E-state index contributed by atoms with van der Waals surface area (Å²) in [5.74, 6) is 0. The van der Waals surface area contributed by atoms with Gasteiger partial charge in [-0.25, -0.2) is 0 Å². The summed E-state index contributed by atoms with van der Waals surface area (Å²) < 4.78 is 16.1. The van der Waals surface area contributed by atoms with Gasteiger partial charge in [-0.15, -0.1) is 0 Å². The first-order valence-corrected chi connectivity index (χ1v) is 5.72. The van der Waals surface area contributed by atoms with Crippen molar-refractivity contribution in [1.82, 2.24) is 4.98 Å². The summed E-state index contributed by atoms with van der Waals surface area (Å²) in [6, 6.07) is 5.69. The molecule has 0 N–H and O–H groups in total. The van der Waals surface area contributed by atoms with E-state index in [0.717, 1.165) is 5.69 Å². The Hall–Kier alpha value is -0.753. The number of ether oxygens (including phenoxy) is 3. The van der Waals surface area contributed by atoms with Crippen LogP contribution >= 0.6 is 0 Å². The Labute approximate surface area is 93.0 Å². The van der Waals surface area contributed by atoms with E-state index >= 15 is 0 Å². The number of pyridine rings is 1. The normalized spacial score (nSPS) is 14.1. The topological polar surface area (TPSA) is 40.6 Å². The fraction of sp³-hybridized carbons (Fsp3) is 0.500. The maximum atomic E-state index is 5.41. The third kappa shape index (κ3) is 2.63. The van der Waals surface area contributed by atoms with E-state index in [9.17, 15) is 0 Å². The smallest absolute Gasteiger partial charge is 0.171 e.